The molecule has 1 saturated carbocycles. The highest BCUT2D eigenvalue weighted by atomic mass is 15.2. The van der Waals surface area contributed by atoms with Gasteiger partial charge in [-0.1, -0.05) is 20.8 Å². The number of hydrogen-bond donors (Lipinski definition) is 1. The Kier molecular flexibility index (Phi) is 5.07. The van der Waals surface area contributed by atoms with Crippen molar-refractivity contribution in [2.45, 2.75) is 65.8 Å². The van der Waals surface area contributed by atoms with Crippen LogP contribution in [0.1, 0.15) is 58.4 Å². The molecule has 0 aliphatic heterocycles. The Morgan fingerprint density at radius 1 is 1.29 bits per heavy atom. The summed E-state index contributed by atoms with van der Waals surface area (Å²) in [5, 5.41) is 3.40. The van der Waals surface area contributed by atoms with Crippen molar-refractivity contribution in [2.24, 2.45) is 5.41 Å². The molecule has 4 heteroatoms. The molecule has 0 radical (unpaired) electrons. The van der Waals surface area contributed by atoms with Crippen LogP contribution in [0.2, 0.25) is 0 Å². The van der Waals surface area contributed by atoms with E-state index in [0.29, 0.717) is 11.5 Å². The van der Waals surface area contributed by atoms with Gasteiger partial charge < -0.3 is 10.2 Å². The molecule has 4 nitrogen and oxygen atoms in total. The van der Waals surface area contributed by atoms with Crippen molar-refractivity contribution in [3.63, 3.8) is 0 Å². The normalized spacial score (nSPS) is 18.5. The Morgan fingerprint density at radius 3 is 2.57 bits per heavy atom. The van der Waals surface area contributed by atoms with Gasteiger partial charge in [-0.05, 0) is 44.4 Å². The number of anilines is 2. The van der Waals surface area contributed by atoms with E-state index >= 15 is 0 Å². The largest absolute Gasteiger partial charge is 0.370 e. The minimum absolute atomic E-state index is 0.506. The number of hydrogen-bond acceptors (Lipinski definition) is 4. The highest BCUT2D eigenvalue weighted by Gasteiger charge is 2.29. The van der Waals surface area contributed by atoms with Crippen molar-refractivity contribution in [3.8, 4) is 0 Å². The van der Waals surface area contributed by atoms with E-state index < -0.39 is 0 Å². The van der Waals surface area contributed by atoms with Gasteiger partial charge in [-0.15, -0.1) is 0 Å². The van der Waals surface area contributed by atoms with Gasteiger partial charge in [-0.2, -0.15) is 0 Å². The van der Waals surface area contributed by atoms with Gasteiger partial charge in [0, 0.05) is 25.2 Å². The predicted octanol–water partition coefficient (Wildman–Crippen LogP) is 4.01. The quantitative estimate of drug-likeness (QED) is 0.889. The summed E-state index contributed by atoms with van der Waals surface area (Å²) in [7, 11) is 2.18. The first-order chi connectivity index (χ1) is 9.94. The molecule has 0 atom stereocenters. The summed E-state index contributed by atoms with van der Waals surface area (Å²) in [5.74, 6) is 2.05. The molecule has 0 unspecified atom stereocenters. The molecule has 0 aromatic carbocycles. The Labute approximate surface area is 129 Å². The Balaban J connectivity index is 2.10. The summed E-state index contributed by atoms with van der Waals surface area (Å²) < 4.78 is 0. The fourth-order valence-electron chi connectivity index (χ4n) is 3.16. The van der Waals surface area contributed by atoms with Crippen LogP contribution in [0.25, 0.3) is 0 Å². The molecule has 0 saturated heterocycles. The molecule has 0 amide bonds. The molecule has 1 N–H and O–H groups in total. The van der Waals surface area contributed by atoms with E-state index in [0.717, 1.165) is 24.6 Å². The van der Waals surface area contributed by atoms with Crippen molar-refractivity contribution in [1.29, 1.82) is 0 Å². The molecule has 21 heavy (non-hydrogen) atoms. The van der Waals surface area contributed by atoms with Crippen LogP contribution < -0.4 is 10.2 Å². The zero-order valence-electron chi connectivity index (χ0n) is 14.2. The monoisotopic (exact) mass is 290 g/mol. The third-order valence-electron chi connectivity index (χ3n) is 4.79. The summed E-state index contributed by atoms with van der Waals surface area (Å²) in [6.07, 6.45) is 7.89. The second kappa shape index (κ2) is 6.63. The van der Waals surface area contributed by atoms with Crippen LogP contribution >= 0.6 is 0 Å². The first-order valence-corrected chi connectivity index (χ1v) is 8.23. The molecule has 0 bridgehead atoms. The van der Waals surface area contributed by atoms with Crippen LogP contribution in [0.15, 0.2) is 6.33 Å². The van der Waals surface area contributed by atoms with E-state index in [1.54, 1.807) is 6.33 Å². The zero-order valence-corrected chi connectivity index (χ0v) is 14.2. The predicted molar refractivity (Wildman–Crippen MR) is 90.0 cm³/mol. The van der Waals surface area contributed by atoms with Crippen LogP contribution in [0.3, 0.4) is 0 Å². The number of nitrogens with zero attached hydrogens (tertiary/aromatic N) is 3. The molecule has 2 rings (SSSR count). The molecule has 1 aliphatic rings. The van der Waals surface area contributed by atoms with Gasteiger partial charge in [0.15, 0.2) is 0 Å². The topological polar surface area (TPSA) is 41.1 Å². The molecule has 1 aliphatic carbocycles. The van der Waals surface area contributed by atoms with Crippen molar-refractivity contribution < 1.29 is 0 Å². The molecule has 1 aromatic rings. The maximum Gasteiger partial charge on any atom is 0.137 e. The highest BCUT2D eigenvalue weighted by Crippen LogP contribution is 2.38. The summed E-state index contributed by atoms with van der Waals surface area (Å²) in [6, 6.07) is 0.602. The van der Waals surface area contributed by atoms with Crippen LogP contribution in [0.4, 0.5) is 11.6 Å². The fraction of sp³-hybridized carbons (Fsp3) is 0.765. The van der Waals surface area contributed by atoms with Gasteiger partial charge in [0.2, 0.25) is 0 Å². The van der Waals surface area contributed by atoms with E-state index in [2.05, 4.69) is 54.9 Å². The first-order valence-electron chi connectivity index (χ1n) is 8.23. The Morgan fingerprint density at radius 2 is 1.95 bits per heavy atom. The molecule has 0 spiro atoms. The van der Waals surface area contributed by atoms with Crippen LogP contribution in [-0.4, -0.2) is 29.6 Å². The third kappa shape index (κ3) is 3.86. The molecular formula is C17H30N4. The summed E-state index contributed by atoms with van der Waals surface area (Å²) in [5.41, 5.74) is 1.67. The van der Waals surface area contributed by atoms with Crippen LogP contribution in [0, 0.1) is 12.3 Å². The zero-order chi connectivity index (χ0) is 15.5. The van der Waals surface area contributed by atoms with Crippen molar-refractivity contribution >= 4 is 11.6 Å². The lowest BCUT2D eigenvalue weighted by atomic mass is 9.75. The lowest BCUT2D eigenvalue weighted by Crippen LogP contribution is -2.38. The summed E-state index contributed by atoms with van der Waals surface area (Å²) >= 11 is 0. The smallest absolute Gasteiger partial charge is 0.137 e. The molecule has 118 valence electrons. The van der Waals surface area contributed by atoms with Gasteiger partial charge in [0.05, 0.1) is 0 Å². The molecular weight excluding hydrogens is 260 g/mol. The number of rotatable bonds is 5. The average Bonchev–Trinajstić information content (AvgIpc) is 2.45. The van der Waals surface area contributed by atoms with Gasteiger partial charge in [-0.25, -0.2) is 9.97 Å². The van der Waals surface area contributed by atoms with E-state index in [1.165, 1.54) is 31.2 Å². The van der Waals surface area contributed by atoms with Crippen LogP contribution in [0.5, 0.6) is 0 Å². The van der Waals surface area contributed by atoms with E-state index in [-0.39, 0.29) is 0 Å². The summed E-state index contributed by atoms with van der Waals surface area (Å²) in [4.78, 5) is 11.3. The lowest BCUT2D eigenvalue weighted by Gasteiger charge is -2.39. The van der Waals surface area contributed by atoms with Crippen LogP contribution in [-0.2, 0) is 0 Å². The summed E-state index contributed by atoms with van der Waals surface area (Å²) in [6.45, 7) is 10.0. The molecule has 1 fully saturated rings. The Hall–Kier alpha value is -1.32. The van der Waals surface area contributed by atoms with Gasteiger partial charge in [0.1, 0.15) is 18.0 Å². The second-order valence-electron chi connectivity index (χ2n) is 7.10. The van der Waals surface area contributed by atoms with Crippen molar-refractivity contribution in [1.82, 2.24) is 9.97 Å². The third-order valence-corrected chi connectivity index (χ3v) is 4.79. The van der Waals surface area contributed by atoms with Crippen molar-refractivity contribution in [3.05, 3.63) is 11.9 Å². The lowest BCUT2D eigenvalue weighted by molar-refractivity contribution is 0.222. The van der Waals surface area contributed by atoms with Gasteiger partial charge >= 0.3 is 0 Å². The Bertz CT molecular complexity index is 460. The maximum atomic E-state index is 4.53. The fourth-order valence-corrected chi connectivity index (χ4v) is 3.16. The van der Waals surface area contributed by atoms with E-state index in [1.807, 2.05) is 0 Å². The number of aromatic nitrogens is 2. The standard InChI is InChI=1S/C17H30N4/c1-6-11-18-15-13(2)16(20-12-19-15)21(5)14-7-9-17(3,4)10-8-14/h12,14H,6-11H2,1-5H3,(H,18,19,20). The van der Waals surface area contributed by atoms with Crippen molar-refractivity contribution in [2.75, 3.05) is 23.8 Å². The van der Waals surface area contributed by atoms with E-state index in [9.17, 15) is 0 Å². The molecule has 1 aromatic heterocycles. The minimum atomic E-state index is 0.506. The SMILES string of the molecule is CCCNc1ncnc(N(C)C2CCC(C)(C)CC2)c1C. The second-order valence-corrected chi connectivity index (χ2v) is 7.10. The molecule has 1 heterocycles. The maximum absolute atomic E-state index is 4.53. The first kappa shape index (κ1) is 16.1. The minimum Gasteiger partial charge on any atom is -0.370 e. The highest BCUT2D eigenvalue weighted by molar-refractivity contribution is 5.58. The van der Waals surface area contributed by atoms with E-state index in [4.69, 9.17) is 0 Å². The van der Waals surface area contributed by atoms with Gasteiger partial charge in [-0.3, -0.25) is 0 Å². The number of nitrogens with one attached hydrogen (secondary N) is 1. The average molecular weight is 290 g/mol. The van der Waals surface area contributed by atoms with Gasteiger partial charge in [0.25, 0.3) is 0 Å².